The number of ether oxygens (including phenoxy) is 1. The molecule has 8 heteroatoms. The Morgan fingerprint density at radius 2 is 2.22 bits per heavy atom. The van der Waals surface area contributed by atoms with Gasteiger partial charge in [-0.2, -0.15) is 0 Å². The van der Waals surface area contributed by atoms with Gasteiger partial charge in [0.25, 0.3) is 0 Å². The molecule has 6 nitrogen and oxygen atoms in total. The van der Waals surface area contributed by atoms with Crippen LogP contribution in [0.4, 0.5) is 0 Å². The zero-order valence-electron chi connectivity index (χ0n) is 15.9. The average Bonchev–Trinajstić information content (AvgIpc) is 3.34. The summed E-state index contributed by atoms with van der Waals surface area (Å²) in [6.07, 6.45) is 7.81. The second kappa shape index (κ2) is 10.8. The maximum Gasteiger partial charge on any atom is 0.230 e. The molecule has 1 amide bonds. The molecule has 2 heterocycles. The number of thiophene rings is 1. The van der Waals surface area contributed by atoms with E-state index < -0.39 is 0 Å². The third-order valence-electron chi connectivity index (χ3n) is 4.77. The third kappa shape index (κ3) is 6.05. The topological polar surface area (TPSA) is 69.0 Å². The first-order valence-electron chi connectivity index (χ1n) is 9.62. The Balaban J connectivity index is 1.64. The Bertz CT molecular complexity index is 697. The molecule has 0 spiro atoms. The zero-order chi connectivity index (χ0) is 18.9. The zero-order valence-corrected chi connectivity index (χ0v) is 17.5. The summed E-state index contributed by atoms with van der Waals surface area (Å²) in [5, 5.41) is 14.8. The van der Waals surface area contributed by atoms with Gasteiger partial charge >= 0.3 is 0 Å². The number of aromatic nitrogens is 3. The van der Waals surface area contributed by atoms with Crippen LogP contribution in [0.5, 0.6) is 0 Å². The lowest BCUT2D eigenvalue weighted by molar-refractivity contribution is -0.118. The number of methoxy groups -OCH3 is 1. The maximum absolute atomic E-state index is 12.1. The van der Waals surface area contributed by atoms with Crippen LogP contribution in [0.1, 0.15) is 55.3 Å². The largest absolute Gasteiger partial charge is 0.385 e. The molecule has 0 aliphatic heterocycles. The van der Waals surface area contributed by atoms with Crippen LogP contribution < -0.4 is 5.32 Å². The fourth-order valence-electron chi connectivity index (χ4n) is 3.43. The standard InChI is InChI=1S/C19H28N4O2S2/c1-25-11-6-10-20-18(24)14-27-19-22-21-17(13-16-9-5-12-26-16)23(19)15-7-3-2-4-8-15/h5,9,12,15H,2-4,6-8,10-11,13-14H2,1H3,(H,20,24). The number of hydrogen-bond acceptors (Lipinski definition) is 6. The molecule has 3 rings (SSSR count). The Morgan fingerprint density at radius 1 is 1.37 bits per heavy atom. The maximum atomic E-state index is 12.1. The molecule has 0 aromatic carbocycles. The van der Waals surface area contributed by atoms with Crippen LogP contribution in [0.15, 0.2) is 22.7 Å². The second-order valence-corrected chi connectivity index (χ2v) is 8.78. The van der Waals surface area contributed by atoms with Crippen LogP contribution in [0, 0.1) is 0 Å². The lowest BCUT2D eigenvalue weighted by Crippen LogP contribution is -2.27. The van der Waals surface area contributed by atoms with Crippen molar-refractivity contribution in [2.75, 3.05) is 26.0 Å². The van der Waals surface area contributed by atoms with Crippen LogP contribution in [-0.2, 0) is 16.0 Å². The normalized spacial score (nSPS) is 15.1. The van der Waals surface area contributed by atoms with E-state index in [4.69, 9.17) is 4.74 Å². The third-order valence-corrected chi connectivity index (χ3v) is 6.59. The van der Waals surface area contributed by atoms with E-state index in [-0.39, 0.29) is 5.91 Å². The van der Waals surface area contributed by atoms with E-state index in [1.165, 1.54) is 48.7 Å². The van der Waals surface area contributed by atoms with Crippen LogP contribution in [0.2, 0.25) is 0 Å². The van der Waals surface area contributed by atoms with Crippen molar-refractivity contribution >= 4 is 29.0 Å². The van der Waals surface area contributed by atoms with E-state index in [1.807, 2.05) is 0 Å². The van der Waals surface area contributed by atoms with Gasteiger partial charge in [-0.25, -0.2) is 0 Å². The fourth-order valence-corrected chi connectivity index (χ4v) is 4.98. The van der Waals surface area contributed by atoms with Crippen molar-refractivity contribution in [1.82, 2.24) is 20.1 Å². The number of nitrogens with one attached hydrogen (secondary N) is 1. The second-order valence-electron chi connectivity index (χ2n) is 6.80. The summed E-state index contributed by atoms with van der Waals surface area (Å²) >= 11 is 3.25. The molecule has 0 saturated heterocycles. The molecule has 148 valence electrons. The summed E-state index contributed by atoms with van der Waals surface area (Å²) in [5.74, 6) is 1.43. The van der Waals surface area contributed by atoms with Crippen LogP contribution in [0.25, 0.3) is 0 Å². The Morgan fingerprint density at radius 3 is 2.96 bits per heavy atom. The number of hydrogen-bond donors (Lipinski definition) is 1. The highest BCUT2D eigenvalue weighted by Crippen LogP contribution is 2.33. The van der Waals surface area contributed by atoms with Gasteiger partial charge in [0.05, 0.1) is 5.75 Å². The molecular weight excluding hydrogens is 380 g/mol. The summed E-state index contributed by atoms with van der Waals surface area (Å²) in [6, 6.07) is 4.67. The van der Waals surface area contributed by atoms with E-state index >= 15 is 0 Å². The van der Waals surface area contributed by atoms with Crippen molar-refractivity contribution in [3.63, 3.8) is 0 Å². The highest BCUT2D eigenvalue weighted by atomic mass is 32.2. The van der Waals surface area contributed by atoms with Crippen molar-refractivity contribution in [2.24, 2.45) is 0 Å². The first kappa shape index (κ1) is 20.4. The molecule has 0 radical (unpaired) electrons. The Hall–Kier alpha value is -1.38. The first-order chi connectivity index (χ1) is 13.3. The van der Waals surface area contributed by atoms with E-state index in [2.05, 4.69) is 37.6 Å². The molecule has 1 N–H and O–H groups in total. The minimum absolute atomic E-state index is 0.0362. The summed E-state index contributed by atoms with van der Waals surface area (Å²) < 4.78 is 7.31. The smallest absolute Gasteiger partial charge is 0.230 e. The van der Waals surface area contributed by atoms with Crippen molar-refractivity contribution < 1.29 is 9.53 Å². The summed E-state index contributed by atoms with van der Waals surface area (Å²) in [4.78, 5) is 13.4. The van der Waals surface area contributed by atoms with Gasteiger partial charge in [-0.15, -0.1) is 21.5 Å². The van der Waals surface area contributed by atoms with Gasteiger partial charge in [0.15, 0.2) is 5.16 Å². The van der Waals surface area contributed by atoms with Gasteiger partial charge in [0, 0.05) is 37.6 Å². The van der Waals surface area contributed by atoms with Gasteiger partial charge in [-0.05, 0) is 30.7 Å². The lowest BCUT2D eigenvalue weighted by atomic mass is 9.95. The van der Waals surface area contributed by atoms with Crippen LogP contribution >= 0.6 is 23.1 Å². The minimum atomic E-state index is 0.0362. The predicted octanol–water partition coefficient (Wildman–Crippen LogP) is 3.68. The molecule has 27 heavy (non-hydrogen) atoms. The summed E-state index contributed by atoms with van der Waals surface area (Å²) in [6.45, 7) is 1.31. The van der Waals surface area contributed by atoms with Crippen LogP contribution in [0.3, 0.4) is 0 Å². The molecule has 1 aliphatic carbocycles. The molecule has 0 atom stereocenters. The van der Waals surface area contributed by atoms with Crippen molar-refractivity contribution in [2.45, 2.75) is 56.1 Å². The molecule has 1 saturated carbocycles. The van der Waals surface area contributed by atoms with Crippen molar-refractivity contribution in [3.05, 3.63) is 28.2 Å². The highest BCUT2D eigenvalue weighted by Gasteiger charge is 2.23. The van der Waals surface area contributed by atoms with Gasteiger partial charge in [-0.3, -0.25) is 4.79 Å². The number of carbonyl (C=O) groups is 1. The summed E-state index contributed by atoms with van der Waals surface area (Å²) in [7, 11) is 1.67. The molecule has 2 aromatic heterocycles. The van der Waals surface area contributed by atoms with Gasteiger partial charge in [0.1, 0.15) is 5.82 Å². The SMILES string of the molecule is COCCCNC(=O)CSc1nnc(Cc2cccs2)n1C1CCCCC1. The number of rotatable bonds is 10. The monoisotopic (exact) mass is 408 g/mol. The molecule has 0 unspecified atom stereocenters. The number of nitrogens with zero attached hydrogens (tertiary/aromatic N) is 3. The quantitative estimate of drug-likeness (QED) is 0.480. The highest BCUT2D eigenvalue weighted by molar-refractivity contribution is 7.99. The number of thioether (sulfide) groups is 1. The fraction of sp³-hybridized carbons (Fsp3) is 0.632. The van der Waals surface area contributed by atoms with Crippen LogP contribution in [-0.4, -0.2) is 46.7 Å². The molecule has 1 aliphatic rings. The molecular formula is C19H28N4O2S2. The summed E-state index contributed by atoms with van der Waals surface area (Å²) in [5.41, 5.74) is 0. The molecule has 1 fully saturated rings. The van der Waals surface area contributed by atoms with E-state index in [1.54, 1.807) is 18.4 Å². The average molecular weight is 409 g/mol. The minimum Gasteiger partial charge on any atom is -0.385 e. The van der Waals surface area contributed by atoms with Gasteiger partial charge in [0.2, 0.25) is 5.91 Å². The predicted molar refractivity (Wildman–Crippen MR) is 109 cm³/mol. The van der Waals surface area contributed by atoms with E-state index in [0.717, 1.165) is 23.8 Å². The lowest BCUT2D eigenvalue weighted by Gasteiger charge is -2.25. The number of amides is 1. The van der Waals surface area contributed by atoms with E-state index in [0.29, 0.717) is 24.9 Å². The molecule has 2 aromatic rings. The first-order valence-corrected chi connectivity index (χ1v) is 11.5. The number of carbonyl (C=O) groups excluding carboxylic acids is 1. The van der Waals surface area contributed by atoms with E-state index in [9.17, 15) is 4.79 Å². The van der Waals surface area contributed by atoms with Crippen molar-refractivity contribution in [3.8, 4) is 0 Å². The van der Waals surface area contributed by atoms with Crippen molar-refractivity contribution in [1.29, 1.82) is 0 Å². The van der Waals surface area contributed by atoms with Gasteiger partial charge < -0.3 is 14.6 Å². The Kier molecular flexibility index (Phi) is 8.16. The Labute approximate surface area is 169 Å². The molecule has 0 bridgehead atoms. The van der Waals surface area contributed by atoms with Gasteiger partial charge in [-0.1, -0.05) is 37.1 Å².